The number of likely N-dealkylation sites (tertiary alicyclic amines) is 1. The molecule has 0 bridgehead atoms. The smallest absolute Gasteiger partial charge is 0.230 e. The molecule has 3 nitrogen and oxygen atoms in total. The molecule has 1 aromatic heterocycles. The molecule has 2 heterocycles. The summed E-state index contributed by atoms with van der Waals surface area (Å²) in [5, 5.41) is 1.97. The number of carbonyl (C=O) groups is 2. The van der Waals surface area contributed by atoms with Gasteiger partial charge < -0.3 is 0 Å². The Labute approximate surface area is 125 Å². The number of piperidine rings is 1. The quantitative estimate of drug-likeness (QED) is 0.768. The van der Waals surface area contributed by atoms with E-state index in [2.05, 4.69) is 15.9 Å². The Hall–Kier alpha value is -0.680. The van der Waals surface area contributed by atoms with Crippen molar-refractivity contribution in [1.82, 2.24) is 4.90 Å². The third-order valence-corrected chi connectivity index (χ3v) is 6.22. The first-order valence-corrected chi connectivity index (χ1v) is 8.32. The molecule has 1 spiro atoms. The van der Waals surface area contributed by atoms with E-state index in [0.29, 0.717) is 19.4 Å². The molecule has 2 aliphatic rings. The van der Waals surface area contributed by atoms with Gasteiger partial charge in [0.25, 0.3) is 0 Å². The molecule has 0 N–H and O–H groups in total. The second-order valence-electron chi connectivity index (χ2n) is 5.63. The van der Waals surface area contributed by atoms with Gasteiger partial charge in [0.1, 0.15) is 0 Å². The zero-order chi connectivity index (χ0) is 13.5. The molecule has 0 aromatic carbocycles. The SMILES string of the molecule is O=C1CC2(CCCC2)CC(=O)N1Cc1sccc1Br. The molecule has 3 rings (SSSR count). The molecule has 1 aliphatic carbocycles. The second kappa shape index (κ2) is 5.02. The molecule has 0 atom stereocenters. The molecule has 19 heavy (non-hydrogen) atoms. The average molecular weight is 342 g/mol. The lowest BCUT2D eigenvalue weighted by molar-refractivity contribution is -0.154. The largest absolute Gasteiger partial charge is 0.277 e. The van der Waals surface area contributed by atoms with Gasteiger partial charge in [-0.25, -0.2) is 0 Å². The van der Waals surface area contributed by atoms with Crippen LogP contribution in [-0.2, 0) is 16.1 Å². The average Bonchev–Trinajstić information content (AvgIpc) is 2.94. The topological polar surface area (TPSA) is 37.4 Å². The summed E-state index contributed by atoms with van der Waals surface area (Å²) in [4.78, 5) is 27.1. The van der Waals surface area contributed by atoms with E-state index in [1.54, 1.807) is 11.3 Å². The molecule has 1 saturated heterocycles. The molecule has 1 aliphatic heterocycles. The van der Waals surface area contributed by atoms with Crippen molar-refractivity contribution in [2.24, 2.45) is 5.41 Å². The number of hydrogen-bond acceptors (Lipinski definition) is 3. The summed E-state index contributed by atoms with van der Waals surface area (Å²) in [6, 6.07) is 1.96. The normalized spacial score (nSPS) is 22.5. The van der Waals surface area contributed by atoms with Crippen molar-refractivity contribution in [2.75, 3.05) is 0 Å². The highest BCUT2D eigenvalue weighted by Crippen LogP contribution is 2.47. The van der Waals surface area contributed by atoms with E-state index >= 15 is 0 Å². The van der Waals surface area contributed by atoms with Gasteiger partial charge in [-0.3, -0.25) is 14.5 Å². The Bertz CT molecular complexity index is 499. The summed E-state index contributed by atoms with van der Waals surface area (Å²) in [6.45, 7) is 0.423. The van der Waals surface area contributed by atoms with E-state index in [1.165, 1.54) is 4.90 Å². The Kier molecular flexibility index (Phi) is 3.52. The number of carbonyl (C=O) groups excluding carboxylic acids is 2. The highest BCUT2D eigenvalue weighted by atomic mass is 79.9. The fraction of sp³-hybridized carbons (Fsp3) is 0.571. The van der Waals surface area contributed by atoms with Crippen LogP contribution >= 0.6 is 27.3 Å². The zero-order valence-corrected chi connectivity index (χ0v) is 13.1. The highest BCUT2D eigenvalue weighted by Gasteiger charge is 2.45. The first-order chi connectivity index (χ1) is 9.10. The van der Waals surface area contributed by atoms with Gasteiger partial charge in [0, 0.05) is 22.2 Å². The van der Waals surface area contributed by atoms with E-state index in [9.17, 15) is 9.59 Å². The molecule has 1 saturated carbocycles. The van der Waals surface area contributed by atoms with Gasteiger partial charge in [-0.05, 0) is 45.6 Å². The lowest BCUT2D eigenvalue weighted by atomic mass is 9.76. The van der Waals surface area contributed by atoms with E-state index < -0.39 is 0 Å². The number of thiophene rings is 1. The first kappa shape index (κ1) is 13.3. The summed E-state index contributed by atoms with van der Waals surface area (Å²) in [5.41, 5.74) is -0.00263. The maximum Gasteiger partial charge on any atom is 0.230 e. The van der Waals surface area contributed by atoms with Crippen LogP contribution in [-0.4, -0.2) is 16.7 Å². The van der Waals surface area contributed by atoms with Crippen molar-refractivity contribution >= 4 is 39.1 Å². The summed E-state index contributed by atoms with van der Waals surface area (Å²) in [6.07, 6.45) is 5.53. The predicted molar refractivity (Wildman–Crippen MR) is 77.7 cm³/mol. The van der Waals surface area contributed by atoms with Crippen LogP contribution in [0.1, 0.15) is 43.4 Å². The minimum absolute atomic E-state index is 0.00263. The maximum absolute atomic E-state index is 12.3. The Morgan fingerprint density at radius 1 is 1.21 bits per heavy atom. The van der Waals surface area contributed by atoms with Crippen LogP contribution in [0.4, 0.5) is 0 Å². The predicted octanol–water partition coefficient (Wildman–Crippen LogP) is 3.72. The number of imide groups is 1. The zero-order valence-electron chi connectivity index (χ0n) is 10.7. The van der Waals surface area contributed by atoms with Crippen LogP contribution in [0.5, 0.6) is 0 Å². The standard InChI is InChI=1S/C14H16BrNO2S/c15-10-3-6-19-11(10)9-16-12(17)7-14(8-13(16)18)4-1-2-5-14/h3,6H,1-2,4-5,7-9H2. The number of nitrogens with zero attached hydrogens (tertiary/aromatic N) is 1. The third-order valence-electron chi connectivity index (χ3n) is 4.31. The van der Waals surface area contributed by atoms with Crippen molar-refractivity contribution in [3.8, 4) is 0 Å². The van der Waals surface area contributed by atoms with Crippen LogP contribution in [0.15, 0.2) is 15.9 Å². The lowest BCUT2D eigenvalue weighted by Gasteiger charge is -2.37. The van der Waals surface area contributed by atoms with Crippen LogP contribution < -0.4 is 0 Å². The van der Waals surface area contributed by atoms with Gasteiger partial charge in [0.2, 0.25) is 11.8 Å². The number of halogens is 1. The van der Waals surface area contributed by atoms with Gasteiger partial charge >= 0.3 is 0 Å². The number of hydrogen-bond donors (Lipinski definition) is 0. The third kappa shape index (κ3) is 2.50. The molecule has 1 aromatic rings. The van der Waals surface area contributed by atoms with Gasteiger partial charge in [-0.15, -0.1) is 11.3 Å². The molecule has 2 amide bonds. The van der Waals surface area contributed by atoms with Crippen molar-refractivity contribution in [1.29, 1.82) is 0 Å². The van der Waals surface area contributed by atoms with Crippen LogP contribution in [0.25, 0.3) is 0 Å². The highest BCUT2D eigenvalue weighted by molar-refractivity contribution is 9.10. The monoisotopic (exact) mass is 341 g/mol. The lowest BCUT2D eigenvalue weighted by Crippen LogP contribution is -2.46. The Morgan fingerprint density at radius 2 is 1.84 bits per heavy atom. The van der Waals surface area contributed by atoms with Crippen LogP contribution in [0, 0.1) is 5.41 Å². The van der Waals surface area contributed by atoms with Gasteiger partial charge in [-0.1, -0.05) is 12.8 Å². The molecule has 0 unspecified atom stereocenters. The van der Waals surface area contributed by atoms with Gasteiger partial charge in [-0.2, -0.15) is 0 Å². The van der Waals surface area contributed by atoms with E-state index in [0.717, 1.165) is 35.0 Å². The fourth-order valence-corrected chi connectivity index (χ4v) is 4.74. The molecular formula is C14H16BrNO2S. The Balaban J connectivity index is 1.76. The maximum atomic E-state index is 12.3. The first-order valence-electron chi connectivity index (χ1n) is 6.65. The molecule has 5 heteroatoms. The molecule has 0 radical (unpaired) electrons. The Morgan fingerprint density at radius 3 is 2.37 bits per heavy atom. The van der Waals surface area contributed by atoms with Crippen LogP contribution in [0.2, 0.25) is 0 Å². The van der Waals surface area contributed by atoms with E-state index in [-0.39, 0.29) is 17.2 Å². The summed E-state index contributed by atoms with van der Waals surface area (Å²) in [7, 11) is 0. The summed E-state index contributed by atoms with van der Waals surface area (Å²) >= 11 is 5.03. The van der Waals surface area contributed by atoms with E-state index in [1.807, 2.05) is 11.4 Å². The van der Waals surface area contributed by atoms with Crippen LogP contribution in [0.3, 0.4) is 0 Å². The minimum atomic E-state index is -0.00263. The van der Waals surface area contributed by atoms with Crippen molar-refractivity contribution < 1.29 is 9.59 Å². The van der Waals surface area contributed by atoms with Crippen molar-refractivity contribution in [3.63, 3.8) is 0 Å². The molecule has 102 valence electrons. The summed E-state index contributed by atoms with van der Waals surface area (Å²) < 4.78 is 0.985. The number of rotatable bonds is 2. The summed E-state index contributed by atoms with van der Waals surface area (Å²) in [5.74, 6) is 0.0249. The minimum Gasteiger partial charge on any atom is -0.277 e. The van der Waals surface area contributed by atoms with Crippen molar-refractivity contribution in [3.05, 3.63) is 20.8 Å². The molecule has 2 fully saturated rings. The van der Waals surface area contributed by atoms with Crippen molar-refractivity contribution in [2.45, 2.75) is 45.1 Å². The molecular weight excluding hydrogens is 326 g/mol. The fourth-order valence-electron chi connectivity index (χ4n) is 3.27. The number of amides is 2. The van der Waals surface area contributed by atoms with Gasteiger partial charge in [0.05, 0.1) is 6.54 Å². The second-order valence-corrected chi connectivity index (χ2v) is 7.48. The van der Waals surface area contributed by atoms with E-state index in [4.69, 9.17) is 0 Å². The van der Waals surface area contributed by atoms with Gasteiger partial charge in [0.15, 0.2) is 0 Å².